The Kier molecular flexibility index (Phi) is 8.36. The highest BCUT2D eigenvalue weighted by Gasteiger charge is 2.25. The Morgan fingerprint density at radius 3 is 2.47 bits per heavy atom. The fraction of sp³-hybridized carbons (Fsp3) is 0.414. The first-order valence-corrected chi connectivity index (χ1v) is 12.8. The van der Waals surface area contributed by atoms with Crippen LogP contribution in [0.5, 0.6) is 11.5 Å². The summed E-state index contributed by atoms with van der Waals surface area (Å²) in [6, 6.07) is 12.7. The minimum Gasteiger partial charge on any atom is -0.497 e. The average Bonchev–Trinajstić information content (AvgIpc) is 2.89. The smallest absolute Gasteiger partial charge is 0.410 e. The lowest BCUT2D eigenvalue weighted by molar-refractivity contribution is 0.0142. The van der Waals surface area contributed by atoms with Crippen LogP contribution in [0.4, 0.5) is 4.79 Å². The normalized spacial score (nSPS) is 14.4. The van der Waals surface area contributed by atoms with Gasteiger partial charge in [0.15, 0.2) is 0 Å². The quantitative estimate of drug-likeness (QED) is 0.417. The van der Waals surface area contributed by atoms with Crippen molar-refractivity contribution in [2.45, 2.75) is 32.8 Å². The summed E-state index contributed by atoms with van der Waals surface area (Å²) in [4.78, 5) is 32.4. The number of nitrogens with zero attached hydrogens (tertiary/aromatic N) is 3. The summed E-state index contributed by atoms with van der Waals surface area (Å²) >= 11 is 0. The first-order chi connectivity index (χ1) is 18.1. The zero-order valence-electron chi connectivity index (χ0n) is 22.4. The maximum Gasteiger partial charge on any atom is 0.410 e. The molecule has 1 N–H and O–H groups in total. The summed E-state index contributed by atoms with van der Waals surface area (Å²) in [5.74, 6) is 0.350. The van der Waals surface area contributed by atoms with Crippen molar-refractivity contribution >= 4 is 23.0 Å². The lowest BCUT2D eigenvalue weighted by Gasteiger charge is -2.35. The number of hydrogen-bond acceptors (Lipinski definition) is 7. The van der Waals surface area contributed by atoms with Crippen molar-refractivity contribution in [2.24, 2.45) is 0 Å². The van der Waals surface area contributed by atoms with E-state index in [1.807, 2.05) is 57.2 Å². The van der Waals surface area contributed by atoms with E-state index >= 15 is 0 Å². The summed E-state index contributed by atoms with van der Waals surface area (Å²) in [5.41, 5.74) is 2.02. The highest BCUT2D eigenvalue weighted by molar-refractivity contribution is 6.03. The number of rotatable bonds is 8. The van der Waals surface area contributed by atoms with Gasteiger partial charge in [-0.1, -0.05) is 6.07 Å². The molecule has 1 fully saturated rings. The van der Waals surface area contributed by atoms with Crippen LogP contribution in [0.1, 0.15) is 37.6 Å². The molecule has 0 unspecified atom stereocenters. The van der Waals surface area contributed by atoms with Crippen LogP contribution in [0.15, 0.2) is 48.7 Å². The number of aromatic carboxylic acids is 1. The molecule has 1 aliphatic rings. The van der Waals surface area contributed by atoms with Gasteiger partial charge >= 0.3 is 12.1 Å². The number of fused-ring (bicyclic) bond motifs is 1. The molecule has 2 heterocycles. The SMILES string of the molecule is COc1ccc(-c2ccc3nccc(C(=O)O)c3c2)c(OCCCN2CCN(C(=O)OC(C)(C)C)CC2)c1. The minimum atomic E-state index is -0.993. The number of aromatic nitrogens is 1. The monoisotopic (exact) mass is 521 g/mol. The van der Waals surface area contributed by atoms with Crippen molar-refractivity contribution in [3.63, 3.8) is 0 Å². The van der Waals surface area contributed by atoms with Gasteiger partial charge in [0.1, 0.15) is 17.1 Å². The molecule has 0 saturated carbocycles. The van der Waals surface area contributed by atoms with Gasteiger partial charge in [0.05, 0.1) is 24.8 Å². The molecule has 9 nitrogen and oxygen atoms in total. The second-order valence-electron chi connectivity index (χ2n) is 10.3. The van der Waals surface area contributed by atoms with Crippen molar-refractivity contribution in [1.29, 1.82) is 0 Å². The molecule has 38 heavy (non-hydrogen) atoms. The fourth-order valence-electron chi connectivity index (χ4n) is 4.44. The number of amides is 1. The molecule has 3 aromatic rings. The van der Waals surface area contributed by atoms with E-state index in [-0.39, 0.29) is 11.7 Å². The molecular formula is C29H35N3O6. The van der Waals surface area contributed by atoms with Crippen LogP contribution in [0.25, 0.3) is 22.0 Å². The van der Waals surface area contributed by atoms with Crippen LogP contribution >= 0.6 is 0 Å². The van der Waals surface area contributed by atoms with Gasteiger partial charge in [0, 0.05) is 55.9 Å². The topological polar surface area (TPSA) is 101 Å². The van der Waals surface area contributed by atoms with Crippen LogP contribution in [-0.4, -0.2) is 84.0 Å². The van der Waals surface area contributed by atoms with E-state index in [1.54, 1.807) is 12.0 Å². The fourth-order valence-corrected chi connectivity index (χ4v) is 4.44. The average molecular weight is 522 g/mol. The number of carbonyl (C=O) groups is 2. The summed E-state index contributed by atoms with van der Waals surface area (Å²) in [6.45, 7) is 9.85. The van der Waals surface area contributed by atoms with E-state index < -0.39 is 11.6 Å². The zero-order valence-corrected chi connectivity index (χ0v) is 22.4. The number of benzene rings is 2. The van der Waals surface area contributed by atoms with Gasteiger partial charge in [-0.05, 0) is 63.1 Å². The van der Waals surface area contributed by atoms with E-state index in [0.29, 0.717) is 42.1 Å². The second-order valence-corrected chi connectivity index (χ2v) is 10.3. The Hall–Kier alpha value is -3.85. The van der Waals surface area contributed by atoms with Crippen molar-refractivity contribution in [3.05, 3.63) is 54.2 Å². The third-order valence-corrected chi connectivity index (χ3v) is 6.37. The second kappa shape index (κ2) is 11.7. The first kappa shape index (κ1) is 27.2. The van der Waals surface area contributed by atoms with Crippen LogP contribution < -0.4 is 9.47 Å². The first-order valence-electron chi connectivity index (χ1n) is 12.8. The Labute approximate surface area is 222 Å². The van der Waals surface area contributed by atoms with Gasteiger partial charge < -0.3 is 24.2 Å². The van der Waals surface area contributed by atoms with Crippen molar-refractivity contribution in [2.75, 3.05) is 46.4 Å². The Balaban J connectivity index is 1.39. The lowest BCUT2D eigenvalue weighted by Crippen LogP contribution is -2.50. The molecule has 9 heteroatoms. The van der Waals surface area contributed by atoms with Crippen molar-refractivity contribution in [1.82, 2.24) is 14.8 Å². The number of carbonyl (C=O) groups excluding carboxylic acids is 1. The van der Waals surface area contributed by atoms with Crippen LogP contribution in [0.2, 0.25) is 0 Å². The largest absolute Gasteiger partial charge is 0.497 e. The highest BCUT2D eigenvalue weighted by atomic mass is 16.6. The van der Waals surface area contributed by atoms with E-state index in [0.717, 1.165) is 37.2 Å². The molecule has 0 aliphatic carbocycles. The molecule has 1 saturated heterocycles. The molecule has 202 valence electrons. The van der Waals surface area contributed by atoms with Gasteiger partial charge in [0.2, 0.25) is 0 Å². The van der Waals surface area contributed by atoms with E-state index in [1.165, 1.54) is 12.3 Å². The molecule has 0 bridgehead atoms. The molecule has 0 atom stereocenters. The predicted molar refractivity (Wildman–Crippen MR) is 145 cm³/mol. The van der Waals surface area contributed by atoms with E-state index in [4.69, 9.17) is 14.2 Å². The van der Waals surface area contributed by atoms with Gasteiger partial charge in [0.25, 0.3) is 0 Å². The molecular weight excluding hydrogens is 486 g/mol. The molecule has 1 aliphatic heterocycles. The third kappa shape index (κ3) is 6.72. The molecule has 1 aromatic heterocycles. The maximum absolute atomic E-state index is 12.3. The van der Waals surface area contributed by atoms with Gasteiger partial charge in [-0.25, -0.2) is 9.59 Å². The molecule has 1 amide bonds. The summed E-state index contributed by atoms with van der Waals surface area (Å²) in [6.07, 6.45) is 2.06. The minimum absolute atomic E-state index is 0.208. The molecule has 0 spiro atoms. The zero-order chi connectivity index (χ0) is 27.3. The van der Waals surface area contributed by atoms with Crippen LogP contribution in [0.3, 0.4) is 0 Å². The van der Waals surface area contributed by atoms with Gasteiger partial charge in [-0.3, -0.25) is 9.88 Å². The number of piperazine rings is 1. The summed E-state index contributed by atoms with van der Waals surface area (Å²) in [7, 11) is 1.61. The van der Waals surface area contributed by atoms with E-state index in [2.05, 4.69) is 9.88 Å². The number of pyridine rings is 1. The van der Waals surface area contributed by atoms with Crippen LogP contribution in [0, 0.1) is 0 Å². The number of ether oxygens (including phenoxy) is 3. The molecule has 2 aromatic carbocycles. The van der Waals surface area contributed by atoms with Crippen LogP contribution in [-0.2, 0) is 4.74 Å². The molecule has 0 radical (unpaired) electrons. The maximum atomic E-state index is 12.3. The van der Waals surface area contributed by atoms with Crippen molar-refractivity contribution in [3.8, 4) is 22.6 Å². The van der Waals surface area contributed by atoms with Crippen molar-refractivity contribution < 1.29 is 28.9 Å². The standard InChI is InChI=1S/C29H35N3O6/c1-29(2,3)38-28(35)32-15-13-31(14-16-32)12-5-17-37-26-19-21(36-4)7-8-22(26)20-6-9-25-24(18-20)23(27(33)34)10-11-30-25/h6-11,18-19H,5,12-17H2,1-4H3,(H,33,34). The van der Waals surface area contributed by atoms with E-state index in [9.17, 15) is 14.7 Å². The number of carboxylic acids is 1. The van der Waals surface area contributed by atoms with Gasteiger partial charge in [-0.15, -0.1) is 0 Å². The highest BCUT2D eigenvalue weighted by Crippen LogP contribution is 2.35. The predicted octanol–water partition coefficient (Wildman–Crippen LogP) is 4.93. The third-order valence-electron chi connectivity index (χ3n) is 6.37. The Morgan fingerprint density at radius 2 is 1.79 bits per heavy atom. The summed E-state index contributed by atoms with van der Waals surface area (Å²) in [5, 5.41) is 10.2. The Morgan fingerprint density at radius 1 is 1.03 bits per heavy atom. The van der Waals surface area contributed by atoms with Gasteiger partial charge in [-0.2, -0.15) is 0 Å². The number of hydrogen-bond donors (Lipinski definition) is 1. The summed E-state index contributed by atoms with van der Waals surface area (Å²) < 4.78 is 17.1. The molecule has 4 rings (SSSR count). The Bertz CT molecular complexity index is 1300. The lowest BCUT2D eigenvalue weighted by atomic mass is 10.00. The number of carboxylic acid groups (broad SMARTS) is 1. The number of methoxy groups -OCH3 is 1.